The lowest BCUT2D eigenvalue weighted by Crippen LogP contribution is -2.05. The van der Waals surface area contributed by atoms with Crippen molar-refractivity contribution in [1.82, 2.24) is 5.32 Å². The van der Waals surface area contributed by atoms with Crippen LogP contribution in [0.3, 0.4) is 0 Å². The van der Waals surface area contributed by atoms with Crippen LogP contribution in [0.25, 0.3) is 11.3 Å². The molecule has 0 atom stereocenters. The summed E-state index contributed by atoms with van der Waals surface area (Å²) in [6.07, 6.45) is 0. The smallest absolute Gasteiger partial charge is 0.139 e. The molecule has 16 heavy (non-hydrogen) atoms. The maximum Gasteiger partial charge on any atom is 0.139 e. The number of rotatable bonds is 2. The van der Waals surface area contributed by atoms with Gasteiger partial charge in [0.1, 0.15) is 11.5 Å². The summed E-state index contributed by atoms with van der Waals surface area (Å²) in [5.41, 5.74) is 9.32. The van der Waals surface area contributed by atoms with Crippen molar-refractivity contribution in [2.75, 3.05) is 0 Å². The van der Waals surface area contributed by atoms with E-state index in [0.29, 0.717) is 6.54 Å². The molecule has 2 heterocycles. The number of nitrogens with one attached hydrogen (secondary N) is 1. The number of furan rings is 1. The Labute approximate surface area is 94.3 Å². The normalized spacial score (nSPS) is 14.1. The highest BCUT2D eigenvalue weighted by molar-refractivity contribution is 5.64. The van der Waals surface area contributed by atoms with Crippen molar-refractivity contribution >= 4 is 0 Å². The lowest BCUT2D eigenvalue weighted by atomic mass is 10.1. The molecule has 3 heteroatoms. The summed E-state index contributed by atoms with van der Waals surface area (Å²) < 4.78 is 5.89. The second-order valence-corrected chi connectivity index (χ2v) is 3.99. The van der Waals surface area contributed by atoms with Crippen LogP contribution in [-0.4, -0.2) is 0 Å². The van der Waals surface area contributed by atoms with Crippen molar-refractivity contribution in [3.63, 3.8) is 0 Å². The third-order valence-electron chi connectivity index (χ3n) is 3.03. The molecule has 0 aliphatic carbocycles. The number of benzene rings is 1. The Morgan fingerprint density at radius 1 is 1.19 bits per heavy atom. The maximum absolute atomic E-state index is 5.89. The van der Waals surface area contributed by atoms with Gasteiger partial charge in [0, 0.05) is 29.8 Å². The molecule has 3 N–H and O–H groups in total. The molecule has 1 aromatic carbocycles. The SMILES string of the molecule is NCc1c(-c2ccccc2)oc2c1CNC2. The first kappa shape index (κ1) is 9.63. The molecule has 0 unspecified atom stereocenters. The molecule has 0 saturated carbocycles. The monoisotopic (exact) mass is 214 g/mol. The van der Waals surface area contributed by atoms with E-state index in [1.807, 2.05) is 18.2 Å². The van der Waals surface area contributed by atoms with Gasteiger partial charge in [-0.1, -0.05) is 30.3 Å². The molecule has 1 aromatic heterocycles. The molecule has 1 aliphatic heterocycles. The van der Waals surface area contributed by atoms with Crippen molar-refractivity contribution in [3.05, 3.63) is 47.2 Å². The summed E-state index contributed by atoms with van der Waals surface area (Å²) >= 11 is 0. The fraction of sp³-hybridized carbons (Fsp3) is 0.231. The minimum Gasteiger partial charge on any atom is -0.459 e. The van der Waals surface area contributed by atoms with Crippen LogP contribution >= 0.6 is 0 Å². The first-order chi connectivity index (χ1) is 7.90. The molecule has 0 saturated heterocycles. The molecule has 0 radical (unpaired) electrons. The number of hydrogen-bond acceptors (Lipinski definition) is 3. The molecule has 0 fully saturated rings. The highest BCUT2D eigenvalue weighted by Crippen LogP contribution is 2.33. The Morgan fingerprint density at radius 2 is 2.00 bits per heavy atom. The minimum atomic E-state index is 0.532. The van der Waals surface area contributed by atoms with E-state index < -0.39 is 0 Å². The van der Waals surface area contributed by atoms with Crippen molar-refractivity contribution in [2.45, 2.75) is 19.6 Å². The van der Waals surface area contributed by atoms with E-state index in [0.717, 1.165) is 35.7 Å². The Balaban J connectivity index is 2.15. The summed E-state index contributed by atoms with van der Waals surface area (Å²) in [7, 11) is 0. The summed E-state index contributed by atoms with van der Waals surface area (Å²) in [5.74, 6) is 1.98. The molecular weight excluding hydrogens is 200 g/mol. The van der Waals surface area contributed by atoms with Gasteiger partial charge in [0.05, 0.1) is 6.54 Å². The Hall–Kier alpha value is -1.58. The van der Waals surface area contributed by atoms with E-state index in [9.17, 15) is 0 Å². The first-order valence-electron chi connectivity index (χ1n) is 5.49. The van der Waals surface area contributed by atoms with Gasteiger partial charge in [-0.3, -0.25) is 0 Å². The summed E-state index contributed by atoms with van der Waals surface area (Å²) in [4.78, 5) is 0. The molecule has 0 spiro atoms. The summed E-state index contributed by atoms with van der Waals surface area (Å²) in [6.45, 7) is 2.22. The van der Waals surface area contributed by atoms with Crippen molar-refractivity contribution in [2.24, 2.45) is 5.73 Å². The van der Waals surface area contributed by atoms with E-state index >= 15 is 0 Å². The Kier molecular flexibility index (Phi) is 2.27. The molecule has 2 aromatic rings. The van der Waals surface area contributed by atoms with Gasteiger partial charge >= 0.3 is 0 Å². The van der Waals surface area contributed by atoms with Crippen LogP contribution in [0.15, 0.2) is 34.7 Å². The molecule has 0 bridgehead atoms. The Morgan fingerprint density at radius 3 is 2.75 bits per heavy atom. The lowest BCUT2D eigenvalue weighted by molar-refractivity contribution is 0.515. The zero-order valence-electron chi connectivity index (χ0n) is 8.99. The standard InChI is InChI=1S/C13H14N2O/c14-6-10-11-7-15-8-12(11)16-13(10)9-4-2-1-3-5-9/h1-5,15H,6-8,14H2. The molecule has 0 amide bonds. The van der Waals surface area contributed by atoms with E-state index in [1.165, 1.54) is 5.56 Å². The van der Waals surface area contributed by atoms with Crippen LogP contribution in [0.5, 0.6) is 0 Å². The van der Waals surface area contributed by atoms with Gasteiger partial charge in [-0.2, -0.15) is 0 Å². The van der Waals surface area contributed by atoms with Crippen LogP contribution in [0.2, 0.25) is 0 Å². The molecule has 1 aliphatic rings. The topological polar surface area (TPSA) is 51.2 Å². The highest BCUT2D eigenvalue weighted by atomic mass is 16.3. The van der Waals surface area contributed by atoms with E-state index in [4.69, 9.17) is 10.2 Å². The Bertz CT molecular complexity index is 502. The van der Waals surface area contributed by atoms with Gasteiger partial charge < -0.3 is 15.5 Å². The van der Waals surface area contributed by atoms with Crippen LogP contribution in [0.4, 0.5) is 0 Å². The predicted octanol–water partition coefficient (Wildman–Crippen LogP) is 2.01. The number of fused-ring (bicyclic) bond motifs is 1. The van der Waals surface area contributed by atoms with Crippen molar-refractivity contribution in [3.8, 4) is 11.3 Å². The van der Waals surface area contributed by atoms with Gasteiger partial charge in [-0.15, -0.1) is 0 Å². The lowest BCUT2D eigenvalue weighted by Gasteiger charge is -2.02. The highest BCUT2D eigenvalue weighted by Gasteiger charge is 2.23. The average molecular weight is 214 g/mol. The van der Waals surface area contributed by atoms with Crippen LogP contribution in [0, 0.1) is 0 Å². The predicted molar refractivity (Wildman–Crippen MR) is 62.6 cm³/mol. The second-order valence-electron chi connectivity index (χ2n) is 3.99. The largest absolute Gasteiger partial charge is 0.459 e. The van der Waals surface area contributed by atoms with E-state index in [1.54, 1.807) is 0 Å². The minimum absolute atomic E-state index is 0.532. The molecule has 3 nitrogen and oxygen atoms in total. The fourth-order valence-corrected chi connectivity index (χ4v) is 2.24. The summed E-state index contributed by atoms with van der Waals surface area (Å²) in [5, 5.41) is 3.27. The maximum atomic E-state index is 5.89. The number of nitrogens with two attached hydrogens (primary N) is 1. The fourth-order valence-electron chi connectivity index (χ4n) is 2.24. The quantitative estimate of drug-likeness (QED) is 0.804. The molecule has 82 valence electrons. The van der Waals surface area contributed by atoms with Crippen LogP contribution < -0.4 is 11.1 Å². The van der Waals surface area contributed by atoms with Gasteiger partial charge in [-0.25, -0.2) is 0 Å². The average Bonchev–Trinajstić information content (AvgIpc) is 2.89. The van der Waals surface area contributed by atoms with Gasteiger partial charge in [-0.05, 0) is 0 Å². The third-order valence-corrected chi connectivity index (χ3v) is 3.03. The summed E-state index contributed by atoms with van der Waals surface area (Å²) in [6, 6.07) is 10.1. The first-order valence-corrected chi connectivity index (χ1v) is 5.49. The van der Waals surface area contributed by atoms with Crippen molar-refractivity contribution < 1.29 is 4.42 Å². The third kappa shape index (κ3) is 1.37. The van der Waals surface area contributed by atoms with E-state index in [-0.39, 0.29) is 0 Å². The van der Waals surface area contributed by atoms with E-state index in [2.05, 4.69) is 17.4 Å². The van der Waals surface area contributed by atoms with Crippen LogP contribution in [-0.2, 0) is 19.6 Å². The zero-order valence-corrected chi connectivity index (χ0v) is 8.99. The van der Waals surface area contributed by atoms with Gasteiger partial charge in [0.15, 0.2) is 0 Å². The number of hydrogen-bond donors (Lipinski definition) is 2. The van der Waals surface area contributed by atoms with Crippen LogP contribution in [0.1, 0.15) is 16.9 Å². The molecular formula is C13H14N2O. The second kappa shape index (κ2) is 3.77. The van der Waals surface area contributed by atoms with Gasteiger partial charge in [0.2, 0.25) is 0 Å². The zero-order chi connectivity index (χ0) is 11.0. The van der Waals surface area contributed by atoms with Crippen molar-refractivity contribution in [1.29, 1.82) is 0 Å². The molecule has 3 rings (SSSR count). The van der Waals surface area contributed by atoms with Gasteiger partial charge in [0.25, 0.3) is 0 Å².